The van der Waals surface area contributed by atoms with E-state index in [0.717, 1.165) is 0 Å². The minimum Gasteiger partial charge on any atom is -0.512 e. The molecule has 0 fully saturated rings. The smallest absolute Gasteiger partial charge is 0.403 e. The average molecular weight is 414 g/mol. The van der Waals surface area contributed by atoms with Crippen LogP contribution in [0, 0.1) is 0 Å². The molecule has 0 heterocycles. The second-order valence-electron chi connectivity index (χ2n) is 7.42. The van der Waals surface area contributed by atoms with E-state index in [1.54, 1.807) is 13.0 Å². The number of allylic oxidation sites excluding steroid dienone is 7. The van der Waals surface area contributed by atoms with Gasteiger partial charge in [-0.1, -0.05) is 36.5 Å². The Hall–Kier alpha value is -1.99. The molecule has 0 bridgehead atoms. The molecule has 0 saturated carbocycles. The molecule has 4 nitrogen and oxygen atoms in total. The molecule has 29 heavy (non-hydrogen) atoms. The predicted octanol–water partition coefficient (Wildman–Crippen LogP) is 4.69. The number of halogens is 3. The monoisotopic (exact) mass is 413 g/mol. The van der Waals surface area contributed by atoms with Crippen molar-refractivity contribution in [1.82, 2.24) is 9.80 Å². The Morgan fingerprint density at radius 1 is 1.24 bits per heavy atom. The van der Waals surface area contributed by atoms with E-state index in [1.165, 1.54) is 0 Å². The summed E-state index contributed by atoms with van der Waals surface area (Å²) in [5.41, 5.74) is 6.06. The number of likely N-dealkylation sites (N-methyl/N-ethyl adjacent to an activating group) is 1. The van der Waals surface area contributed by atoms with E-state index in [1.807, 2.05) is 55.3 Å². The van der Waals surface area contributed by atoms with Gasteiger partial charge >= 0.3 is 6.18 Å². The summed E-state index contributed by atoms with van der Waals surface area (Å²) in [5, 5.41) is 10.00. The molecule has 0 amide bonds. The summed E-state index contributed by atoms with van der Waals surface area (Å²) >= 11 is 0. The fraction of sp³-hybridized carbons (Fsp3) is 0.545. The van der Waals surface area contributed by atoms with Crippen LogP contribution in [0.1, 0.15) is 33.6 Å². The molecule has 0 aliphatic heterocycles. The highest BCUT2D eigenvalue weighted by Crippen LogP contribution is 2.25. The van der Waals surface area contributed by atoms with Crippen LogP contribution in [0.2, 0.25) is 0 Å². The van der Waals surface area contributed by atoms with Crippen molar-refractivity contribution >= 4 is 0 Å². The number of hydrogen-bond acceptors (Lipinski definition) is 4. The van der Waals surface area contributed by atoms with E-state index >= 15 is 0 Å². The van der Waals surface area contributed by atoms with Gasteiger partial charge in [0.1, 0.15) is 6.04 Å². The summed E-state index contributed by atoms with van der Waals surface area (Å²) in [7, 11) is 1.98. The number of aliphatic hydroxyl groups excluding tert-OH is 1. The Morgan fingerprint density at radius 2 is 1.93 bits per heavy atom. The van der Waals surface area contributed by atoms with Crippen LogP contribution in [-0.2, 0) is 0 Å². The molecule has 3 N–H and O–H groups in total. The molecule has 164 valence electrons. The average Bonchev–Trinajstić information content (AvgIpc) is 2.85. The zero-order chi connectivity index (χ0) is 22.0. The molecule has 1 rings (SSSR count). The van der Waals surface area contributed by atoms with Gasteiger partial charge in [-0.15, -0.1) is 0 Å². The summed E-state index contributed by atoms with van der Waals surface area (Å²) in [6, 6.07) is -2.16. The highest BCUT2D eigenvalue weighted by molar-refractivity contribution is 5.29. The van der Waals surface area contributed by atoms with E-state index in [9.17, 15) is 18.3 Å². The lowest BCUT2D eigenvalue weighted by Crippen LogP contribution is -2.46. The van der Waals surface area contributed by atoms with E-state index in [4.69, 9.17) is 5.73 Å². The highest BCUT2D eigenvalue weighted by Gasteiger charge is 2.38. The number of aliphatic hydroxyl groups is 1. The fourth-order valence-electron chi connectivity index (χ4n) is 3.00. The third-order valence-corrected chi connectivity index (χ3v) is 5.01. The predicted molar refractivity (Wildman–Crippen MR) is 113 cm³/mol. The first-order chi connectivity index (χ1) is 13.6. The third kappa shape index (κ3) is 8.92. The highest BCUT2D eigenvalue weighted by atomic mass is 19.4. The largest absolute Gasteiger partial charge is 0.512 e. The Kier molecular flexibility index (Phi) is 10.3. The van der Waals surface area contributed by atoms with Gasteiger partial charge in [-0.2, -0.15) is 13.2 Å². The van der Waals surface area contributed by atoms with E-state index in [2.05, 4.69) is 17.9 Å². The van der Waals surface area contributed by atoms with Gasteiger partial charge in [0.15, 0.2) is 0 Å². The van der Waals surface area contributed by atoms with Crippen LogP contribution in [0.15, 0.2) is 60.1 Å². The molecule has 0 spiro atoms. The second-order valence-corrected chi connectivity index (χ2v) is 7.42. The van der Waals surface area contributed by atoms with Gasteiger partial charge < -0.3 is 15.7 Å². The molecular formula is C22H34F3N3O. The maximum atomic E-state index is 13.0. The van der Waals surface area contributed by atoms with Crippen LogP contribution in [-0.4, -0.2) is 59.3 Å². The summed E-state index contributed by atoms with van der Waals surface area (Å²) in [5.74, 6) is 0.179. The van der Waals surface area contributed by atoms with Gasteiger partial charge in [-0.3, -0.25) is 4.90 Å². The minimum absolute atomic E-state index is 0.174. The molecule has 0 aromatic carbocycles. The van der Waals surface area contributed by atoms with Crippen LogP contribution >= 0.6 is 0 Å². The first kappa shape index (κ1) is 25.0. The van der Waals surface area contributed by atoms with Crippen molar-refractivity contribution in [3.05, 3.63) is 60.1 Å². The second kappa shape index (κ2) is 11.9. The zero-order valence-corrected chi connectivity index (χ0v) is 17.7. The fourth-order valence-corrected chi connectivity index (χ4v) is 3.00. The van der Waals surface area contributed by atoms with Crippen molar-refractivity contribution in [2.45, 2.75) is 57.9 Å². The lowest BCUT2D eigenvalue weighted by Gasteiger charge is -2.36. The zero-order valence-electron chi connectivity index (χ0n) is 17.7. The summed E-state index contributed by atoms with van der Waals surface area (Å²) in [6.45, 7) is 6.89. The van der Waals surface area contributed by atoms with Gasteiger partial charge in [0, 0.05) is 37.3 Å². The van der Waals surface area contributed by atoms with Crippen LogP contribution in [0.4, 0.5) is 13.2 Å². The van der Waals surface area contributed by atoms with Crippen molar-refractivity contribution in [3.63, 3.8) is 0 Å². The van der Waals surface area contributed by atoms with Gasteiger partial charge in [-0.05, 0) is 46.4 Å². The standard InChI is InChI=1S/C22H34F3N3O/c1-5-6-7-10-17(2)27(4)13-14-28(18(3)15-21(26)22(23,24)25)19-11-8-9-12-20(29)16-19/h5-11,16-18,21,29H,12-15,26H2,1-4H3/b6-5-,10-7-. The lowest BCUT2D eigenvalue weighted by molar-refractivity contribution is -0.151. The third-order valence-electron chi connectivity index (χ3n) is 5.01. The van der Waals surface area contributed by atoms with Crippen molar-refractivity contribution in [3.8, 4) is 0 Å². The molecule has 0 radical (unpaired) electrons. The first-order valence-corrected chi connectivity index (χ1v) is 9.91. The number of nitrogens with two attached hydrogens (primary N) is 1. The van der Waals surface area contributed by atoms with Crippen molar-refractivity contribution in [2.75, 3.05) is 20.1 Å². The van der Waals surface area contributed by atoms with Crippen molar-refractivity contribution in [1.29, 1.82) is 0 Å². The van der Waals surface area contributed by atoms with E-state index < -0.39 is 18.3 Å². The molecule has 7 heteroatoms. The first-order valence-electron chi connectivity index (χ1n) is 9.91. The molecular weight excluding hydrogens is 379 g/mol. The van der Waals surface area contributed by atoms with E-state index in [-0.39, 0.29) is 18.2 Å². The molecule has 0 aromatic rings. The van der Waals surface area contributed by atoms with Gasteiger partial charge in [0.2, 0.25) is 0 Å². The Morgan fingerprint density at radius 3 is 2.55 bits per heavy atom. The number of nitrogens with zero attached hydrogens (tertiary/aromatic N) is 2. The van der Waals surface area contributed by atoms with Crippen molar-refractivity contribution < 1.29 is 18.3 Å². The summed E-state index contributed by atoms with van der Waals surface area (Å²) in [4.78, 5) is 4.01. The molecule has 1 aliphatic carbocycles. The molecule has 0 saturated heterocycles. The maximum Gasteiger partial charge on any atom is 0.403 e. The summed E-state index contributed by atoms with van der Waals surface area (Å²) in [6.07, 6.45) is 10.7. The number of alkyl halides is 3. The van der Waals surface area contributed by atoms with Gasteiger partial charge in [0.25, 0.3) is 0 Å². The SMILES string of the molecule is C/C=C\C=C/C(C)N(C)CCN(C1=CC=CCC(O)=C1)C(C)CC(N)C(F)(F)F. The van der Waals surface area contributed by atoms with Crippen LogP contribution < -0.4 is 5.73 Å². The van der Waals surface area contributed by atoms with Crippen LogP contribution in [0.25, 0.3) is 0 Å². The molecule has 0 aromatic heterocycles. The molecule has 3 unspecified atom stereocenters. The quantitative estimate of drug-likeness (QED) is 0.510. The molecule has 3 atom stereocenters. The Bertz CT molecular complexity index is 650. The number of rotatable bonds is 10. The summed E-state index contributed by atoms with van der Waals surface area (Å²) < 4.78 is 38.9. The van der Waals surface area contributed by atoms with Crippen molar-refractivity contribution in [2.24, 2.45) is 5.73 Å². The van der Waals surface area contributed by atoms with Crippen LogP contribution in [0.3, 0.4) is 0 Å². The topological polar surface area (TPSA) is 52.7 Å². The Labute approximate surface area is 172 Å². The molecule has 1 aliphatic rings. The number of hydrogen-bond donors (Lipinski definition) is 2. The van der Waals surface area contributed by atoms with Gasteiger partial charge in [-0.25, -0.2) is 0 Å². The van der Waals surface area contributed by atoms with Gasteiger partial charge in [0.05, 0.1) is 5.76 Å². The normalized spacial score (nSPS) is 18.7. The minimum atomic E-state index is -4.43. The van der Waals surface area contributed by atoms with E-state index in [0.29, 0.717) is 25.2 Å². The maximum absolute atomic E-state index is 13.0. The lowest BCUT2D eigenvalue weighted by atomic mass is 10.1. The Balaban J connectivity index is 2.94. The van der Waals surface area contributed by atoms with Crippen LogP contribution in [0.5, 0.6) is 0 Å².